The van der Waals surface area contributed by atoms with E-state index < -0.39 is 97.5 Å². The van der Waals surface area contributed by atoms with Gasteiger partial charge in [-0.15, -0.1) is 0 Å². The van der Waals surface area contributed by atoms with Crippen molar-refractivity contribution >= 4 is 39.5 Å². The summed E-state index contributed by atoms with van der Waals surface area (Å²) in [5, 5.41) is 10.6. The summed E-state index contributed by atoms with van der Waals surface area (Å²) in [6.07, 6.45) is 65.5. The Hall–Kier alpha value is -1.94. The van der Waals surface area contributed by atoms with Crippen molar-refractivity contribution in [3.63, 3.8) is 0 Å². The average molecular weight is 1490 g/mol. The van der Waals surface area contributed by atoms with Gasteiger partial charge in [0.2, 0.25) is 0 Å². The van der Waals surface area contributed by atoms with Gasteiger partial charge in [-0.3, -0.25) is 37.3 Å². The van der Waals surface area contributed by atoms with Crippen LogP contribution in [0.3, 0.4) is 0 Å². The van der Waals surface area contributed by atoms with E-state index in [1.807, 2.05) is 0 Å². The van der Waals surface area contributed by atoms with Crippen molar-refractivity contribution in [1.29, 1.82) is 0 Å². The molecule has 0 aromatic carbocycles. The molecule has 3 N–H and O–H groups in total. The molecule has 0 rings (SSSR count). The number of carbonyl (C=O) groups excluding carboxylic acids is 4. The van der Waals surface area contributed by atoms with Crippen LogP contribution >= 0.6 is 15.6 Å². The second-order valence-corrected chi connectivity index (χ2v) is 33.7. The zero-order valence-corrected chi connectivity index (χ0v) is 68.7. The first-order valence-electron chi connectivity index (χ1n) is 43.0. The molecule has 0 aromatic rings. The van der Waals surface area contributed by atoms with Crippen molar-refractivity contribution in [3.05, 3.63) is 0 Å². The van der Waals surface area contributed by atoms with Gasteiger partial charge in [-0.05, 0) is 37.5 Å². The second-order valence-electron chi connectivity index (χ2n) is 30.8. The van der Waals surface area contributed by atoms with E-state index in [0.717, 1.165) is 102 Å². The summed E-state index contributed by atoms with van der Waals surface area (Å²) in [5.41, 5.74) is 0. The summed E-state index contributed by atoms with van der Waals surface area (Å²) in [6, 6.07) is 0. The zero-order chi connectivity index (χ0) is 74.9. The Labute approximate surface area is 626 Å². The van der Waals surface area contributed by atoms with E-state index in [4.69, 9.17) is 37.0 Å². The van der Waals surface area contributed by atoms with E-state index in [1.165, 1.54) is 250 Å². The average Bonchev–Trinajstić information content (AvgIpc) is 0.922. The first-order valence-corrected chi connectivity index (χ1v) is 46.0. The molecule has 5 atom stereocenters. The van der Waals surface area contributed by atoms with E-state index in [9.17, 15) is 43.2 Å². The molecular formula is C83H162O17P2. The minimum Gasteiger partial charge on any atom is -0.462 e. The van der Waals surface area contributed by atoms with Crippen LogP contribution in [0.1, 0.15) is 440 Å². The molecule has 0 saturated carbocycles. The Balaban J connectivity index is 5.20. The number of unbranched alkanes of at least 4 members (excludes halogenated alkanes) is 52. The molecule has 0 radical (unpaired) electrons. The maximum atomic E-state index is 13.1. The van der Waals surface area contributed by atoms with Gasteiger partial charge in [-0.25, -0.2) is 9.13 Å². The van der Waals surface area contributed by atoms with Crippen LogP contribution in [0.2, 0.25) is 0 Å². The molecule has 17 nitrogen and oxygen atoms in total. The maximum Gasteiger partial charge on any atom is 0.472 e. The van der Waals surface area contributed by atoms with Crippen molar-refractivity contribution in [2.75, 3.05) is 39.6 Å². The number of aliphatic hydroxyl groups is 1. The van der Waals surface area contributed by atoms with Crippen LogP contribution in [0.15, 0.2) is 0 Å². The summed E-state index contributed by atoms with van der Waals surface area (Å²) >= 11 is 0. The number of phosphoric ester groups is 2. The Kier molecular flexibility index (Phi) is 73.1. The Bertz CT molecular complexity index is 1960. The zero-order valence-electron chi connectivity index (χ0n) is 66.9. The predicted molar refractivity (Wildman–Crippen MR) is 418 cm³/mol. The highest BCUT2D eigenvalue weighted by Crippen LogP contribution is 2.45. The van der Waals surface area contributed by atoms with Crippen LogP contribution < -0.4 is 0 Å². The van der Waals surface area contributed by atoms with E-state index in [2.05, 4.69) is 41.5 Å². The lowest BCUT2D eigenvalue weighted by Gasteiger charge is -2.21. The van der Waals surface area contributed by atoms with Gasteiger partial charge in [0.15, 0.2) is 12.2 Å². The molecule has 19 heteroatoms. The molecule has 0 aromatic heterocycles. The highest BCUT2D eigenvalue weighted by molar-refractivity contribution is 7.47. The first-order chi connectivity index (χ1) is 49.4. The number of rotatable bonds is 82. The molecule has 0 heterocycles. The third-order valence-corrected chi connectivity index (χ3v) is 21.4. The summed E-state index contributed by atoms with van der Waals surface area (Å²) in [5.74, 6) is -0.616. The lowest BCUT2D eigenvalue weighted by molar-refractivity contribution is -0.161. The fraction of sp³-hybridized carbons (Fsp3) is 0.952. The van der Waals surface area contributed by atoms with E-state index in [-0.39, 0.29) is 25.7 Å². The molecule has 0 saturated heterocycles. The number of esters is 4. The van der Waals surface area contributed by atoms with Crippen LogP contribution in [-0.4, -0.2) is 96.7 Å². The van der Waals surface area contributed by atoms with E-state index in [1.54, 1.807) is 0 Å². The minimum atomic E-state index is -4.96. The van der Waals surface area contributed by atoms with Crippen molar-refractivity contribution in [2.24, 2.45) is 11.8 Å². The minimum absolute atomic E-state index is 0.107. The third-order valence-electron chi connectivity index (χ3n) is 19.5. The molecule has 0 fully saturated rings. The normalized spacial score (nSPS) is 13.9. The monoisotopic (exact) mass is 1490 g/mol. The summed E-state index contributed by atoms with van der Waals surface area (Å²) in [4.78, 5) is 73.0. The number of hydrogen-bond acceptors (Lipinski definition) is 15. The molecule has 606 valence electrons. The van der Waals surface area contributed by atoms with Gasteiger partial charge in [0, 0.05) is 25.7 Å². The van der Waals surface area contributed by atoms with Gasteiger partial charge in [-0.2, -0.15) is 0 Å². The SMILES string of the molecule is CCCCCCCCCCCCCCCCCCCCCCCC(=O)O[C@H](COC(=O)CCCCCCCCCCCCCCCCCCC(C)C)COP(=O)(O)OC[C@@H](O)COP(=O)(O)OC[C@@H](COC(=O)CCCCCCCCC(C)C)OC(=O)CCCCCCCCCCCCCCC. The summed E-state index contributed by atoms with van der Waals surface area (Å²) in [7, 11) is -9.92. The van der Waals surface area contributed by atoms with Crippen LogP contribution in [-0.2, 0) is 65.4 Å². The van der Waals surface area contributed by atoms with Gasteiger partial charge in [0.1, 0.15) is 19.3 Å². The molecule has 0 amide bonds. The number of ether oxygens (including phenoxy) is 4. The van der Waals surface area contributed by atoms with E-state index in [0.29, 0.717) is 31.6 Å². The maximum absolute atomic E-state index is 13.1. The Morgan fingerprint density at radius 1 is 0.265 bits per heavy atom. The quantitative estimate of drug-likeness (QED) is 0.0222. The third kappa shape index (κ3) is 76.3. The van der Waals surface area contributed by atoms with Gasteiger partial charge in [0.25, 0.3) is 0 Å². The second kappa shape index (κ2) is 74.5. The molecule has 0 aliphatic heterocycles. The number of carbonyl (C=O) groups is 4. The predicted octanol–water partition coefficient (Wildman–Crippen LogP) is 25.1. The number of hydrogen-bond donors (Lipinski definition) is 3. The first kappa shape index (κ1) is 100. The Morgan fingerprint density at radius 3 is 0.667 bits per heavy atom. The molecule has 0 spiro atoms. The fourth-order valence-electron chi connectivity index (χ4n) is 12.9. The summed E-state index contributed by atoms with van der Waals surface area (Å²) < 4.78 is 68.7. The van der Waals surface area contributed by atoms with Crippen molar-refractivity contribution in [1.82, 2.24) is 0 Å². The molecular weight excluding hydrogens is 1330 g/mol. The van der Waals surface area contributed by atoms with Gasteiger partial charge >= 0.3 is 39.5 Å². The molecule has 0 bridgehead atoms. The topological polar surface area (TPSA) is 237 Å². The van der Waals surface area contributed by atoms with Crippen LogP contribution in [0.25, 0.3) is 0 Å². The largest absolute Gasteiger partial charge is 0.472 e. The number of aliphatic hydroxyl groups excluding tert-OH is 1. The van der Waals surface area contributed by atoms with Crippen molar-refractivity contribution in [3.8, 4) is 0 Å². The highest BCUT2D eigenvalue weighted by atomic mass is 31.2. The lowest BCUT2D eigenvalue weighted by atomic mass is 10.0. The highest BCUT2D eigenvalue weighted by Gasteiger charge is 2.30. The smallest absolute Gasteiger partial charge is 0.462 e. The van der Waals surface area contributed by atoms with Crippen LogP contribution in [0, 0.1) is 11.8 Å². The van der Waals surface area contributed by atoms with Gasteiger partial charge in [-0.1, -0.05) is 388 Å². The molecule has 2 unspecified atom stereocenters. The standard InChI is InChI=1S/C83H162O17P2/c1-7-9-11-13-15-17-19-21-22-23-24-25-26-27-32-36-40-44-48-56-62-68-82(87)99-78(71-93-80(85)65-59-53-46-42-38-35-31-29-28-30-34-37-41-45-51-57-63-75(3)4)73-97-101(89,90)95-69-77(84)70-96-102(91,92)98-74-79(72-94-81(86)66-60-54-50-49-52-58-64-76(5)6)100-83(88)67-61-55-47-43-39-33-20-18-16-14-12-10-8-2/h75-79,84H,7-74H2,1-6H3,(H,89,90)(H,91,92)/t77-,78-,79-/m1/s1. The van der Waals surface area contributed by atoms with Crippen LogP contribution in [0.4, 0.5) is 0 Å². The van der Waals surface area contributed by atoms with Crippen molar-refractivity contribution in [2.45, 2.75) is 458 Å². The molecule has 0 aliphatic carbocycles. The van der Waals surface area contributed by atoms with Gasteiger partial charge < -0.3 is 33.8 Å². The summed E-state index contributed by atoms with van der Waals surface area (Å²) in [6.45, 7) is 9.59. The number of phosphoric acid groups is 2. The Morgan fingerprint density at radius 2 is 0.451 bits per heavy atom. The fourth-order valence-corrected chi connectivity index (χ4v) is 14.5. The molecule has 102 heavy (non-hydrogen) atoms. The van der Waals surface area contributed by atoms with Crippen LogP contribution in [0.5, 0.6) is 0 Å². The van der Waals surface area contributed by atoms with Crippen molar-refractivity contribution < 1.29 is 80.2 Å². The van der Waals surface area contributed by atoms with Gasteiger partial charge in [0.05, 0.1) is 26.4 Å². The molecule has 0 aliphatic rings. The lowest BCUT2D eigenvalue weighted by Crippen LogP contribution is -2.30. The van der Waals surface area contributed by atoms with E-state index >= 15 is 0 Å².